The fourth-order valence-electron chi connectivity index (χ4n) is 2.27. The van der Waals surface area contributed by atoms with E-state index in [2.05, 4.69) is 43.2 Å². The fraction of sp³-hybridized carbons (Fsp3) is 0.214. The van der Waals surface area contributed by atoms with E-state index in [1.54, 1.807) is 23.3 Å². The first-order chi connectivity index (χ1) is 9.95. The molecule has 110 valence electrons. The smallest absolute Gasteiger partial charge is 0.321 e. The number of fused-ring (bicyclic) bond motifs is 1. The largest absolute Gasteiger partial charge is 0.323 e. The van der Waals surface area contributed by atoms with E-state index in [-0.39, 0.29) is 11.4 Å². The lowest BCUT2D eigenvalue weighted by molar-refractivity contribution is 0.218. The van der Waals surface area contributed by atoms with Crippen molar-refractivity contribution in [2.75, 3.05) is 12.4 Å². The molecule has 0 bridgehead atoms. The van der Waals surface area contributed by atoms with Crippen molar-refractivity contribution < 1.29 is 4.79 Å². The van der Waals surface area contributed by atoms with Crippen LogP contribution in [-0.4, -0.2) is 18.0 Å². The summed E-state index contributed by atoms with van der Waals surface area (Å²) in [5.41, 5.74) is 4.00. The molecule has 7 heteroatoms. The van der Waals surface area contributed by atoms with Gasteiger partial charge < -0.3 is 10.2 Å². The van der Waals surface area contributed by atoms with E-state index in [4.69, 9.17) is 11.6 Å². The summed E-state index contributed by atoms with van der Waals surface area (Å²) in [6, 6.07) is 7.88. The summed E-state index contributed by atoms with van der Waals surface area (Å²) in [5, 5.41) is 2.63. The number of thiophene rings is 1. The Bertz CT molecular complexity index is 719. The van der Waals surface area contributed by atoms with Crippen LogP contribution in [0.4, 0.5) is 10.5 Å². The number of carbonyl (C=O) groups excluding carboxylic acids is 1. The molecule has 1 aliphatic rings. The Labute approximate surface area is 148 Å². The van der Waals surface area contributed by atoms with Crippen LogP contribution in [0.3, 0.4) is 0 Å². The van der Waals surface area contributed by atoms with E-state index in [1.807, 2.05) is 18.2 Å². The van der Waals surface area contributed by atoms with Crippen LogP contribution in [0.5, 0.6) is 0 Å². The average Bonchev–Trinajstić information content (AvgIpc) is 2.78. The monoisotopic (exact) mass is 448 g/mol. The third kappa shape index (κ3) is 2.99. The second-order valence-corrected chi connectivity index (χ2v) is 9.03. The number of urea groups is 1. The molecule has 3 nitrogen and oxygen atoms in total. The predicted octanol–water partition coefficient (Wildman–Crippen LogP) is 5.58. The molecule has 1 aromatic carbocycles. The Morgan fingerprint density at radius 1 is 1.38 bits per heavy atom. The summed E-state index contributed by atoms with van der Waals surface area (Å²) >= 11 is 15.2. The van der Waals surface area contributed by atoms with Gasteiger partial charge in [0.2, 0.25) is 0 Å². The average molecular weight is 451 g/mol. The molecular formula is C14H11Br2ClN2OS. The molecule has 2 heterocycles. The molecule has 1 atom stereocenters. The standard InChI is InChI=1S/C14H11Br2ClN2OS/c1-19-6-8-4-7(2-3-10(8)18-14(19)20)12(17)9-5-11(15)21-13(9)16/h2-5,12H,6H2,1H3,(H,18,20). The predicted molar refractivity (Wildman–Crippen MR) is 94.3 cm³/mol. The van der Waals surface area contributed by atoms with Crippen molar-refractivity contribution in [3.05, 3.63) is 48.5 Å². The minimum Gasteiger partial charge on any atom is -0.323 e. The highest BCUT2D eigenvalue weighted by atomic mass is 79.9. The molecule has 3 rings (SSSR count). The number of rotatable bonds is 2. The Balaban J connectivity index is 1.95. The minimum atomic E-state index is -0.227. The first kappa shape index (κ1) is 15.3. The maximum Gasteiger partial charge on any atom is 0.321 e. The maximum atomic E-state index is 11.6. The molecular weight excluding hydrogens is 439 g/mol. The van der Waals surface area contributed by atoms with Crippen molar-refractivity contribution in [3.8, 4) is 0 Å². The van der Waals surface area contributed by atoms with E-state index in [9.17, 15) is 4.79 Å². The third-order valence-corrected chi connectivity index (χ3v) is 6.25. The number of amides is 2. The molecule has 2 amide bonds. The topological polar surface area (TPSA) is 32.3 Å². The minimum absolute atomic E-state index is 0.0813. The van der Waals surface area contributed by atoms with Gasteiger partial charge in [-0.25, -0.2) is 4.79 Å². The van der Waals surface area contributed by atoms with Crippen LogP contribution < -0.4 is 5.32 Å². The van der Waals surface area contributed by atoms with Gasteiger partial charge in [0, 0.05) is 24.8 Å². The van der Waals surface area contributed by atoms with E-state index < -0.39 is 0 Å². The molecule has 1 aliphatic heterocycles. The highest BCUT2D eigenvalue weighted by molar-refractivity contribution is 9.12. The summed E-state index contributed by atoms with van der Waals surface area (Å²) in [6.45, 7) is 0.590. The number of anilines is 1. The van der Waals surface area contributed by atoms with Gasteiger partial charge in [-0.15, -0.1) is 22.9 Å². The van der Waals surface area contributed by atoms with Crippen molar-refractivity contribution in [1.29, 1.82) is 0 Å². The molecule has 0 saturated carbocycles. The lowest BCUT2D eigenvalue weighted by atomic mass is 10.0. The fourth-order valence-corrected chi connectivity index (χ4v) is 5.67. The third-order valence-electron chi connectivity index (χ3n) is 3.37. The van der Waals surface area contributed by atoms with Gasteiger partial charge >= 0.3 is 6.03 Å². The van der Waals surface area contributed by atoms with Gasteiger partial charge in [0.1, 0.15) is 0 Å². The van der Waals surface area contributed by atoms with Crippen LogP contribution in [-0.2, 0) is 6.54 Å². The summed E-state index contributed by atoms with van der Waals surface area (Å²) in [6.07, 6.45) is 0. The molecule has 1 unspecified atom stereocenters. The van der Waals surface area contributed by atoms with Crippen LogP contribution in [0.1, 0.15) is 22.1 Å². The number of benzene rings is 1. The molecule has 1 N–H and O–H groups in total. The van der Waals surface area contributed by atoms with Gasteiger partial charge in [-0.2, -0.15) is 0 Å². The highest BCUT2D eigenvalue weighted by Crippen LogP contribution is 2.41. The molecule has 21 heavy (non-hydrogen) atoms. The summed E-state index contributed by atoms with van der Waals surface area (Å²) in [5.74, 6) is 0. The van der Waals surface area contributed by atoms with E-state index in [0.29, 0.717) is 6.54 Å². The number of hydrogen-bond donors (Lipinski definition) is 1. The number of carbonyl (C=O) groups is 1. The molecule has 1 aromatic heterocycles. The number of hydrogen-bond acceptors (Lipinski definition) is 2. The van der Waals surface area contributed by atoms with Gasteiger partial charge in [-0.05, 0) is 55.1 Å². The van der Waals surface area contributed by atoms with Crippen molar-refractivity contribution in [2.24, 2.45) is 0 Å². The highest BCUT2D eigenvalue weighted by Gasteiger charge is 2.22. The number of nitrogens with zero attached hydrogens (tertiary/aromatic N) is 1. The number of alkyl halides is 1. The van der Waals surface area contributed by atoms with Crippen LogP contribution in [0, 0.1) is 0 Å². The van der Waals surface area contributed by atoms with Crippen LogP contribution in [0.2, 0.25) is 0 Å². The Morgan fingerprint density at radius 3 is 2.81 bits per heavy atom. The molecule has 0 saturated heterocycles. The lowest BCUT2D eigenvalue weighted by Crippen LogP contribution is -2.35. The zero-order valence-corrected chi connectivity index (χ0v) is 15.7. The van der Waals surface area contributed by atoms with Crippen LogP contribution in [0.25, 0.3) is 0 Å². The first-order valence-electron chi connectivity index (χ1n) is 6.19. The Morgan fingerprint density at radius 2 is 2.14 bits per heavy atom. The van der Waals surface area contributed by atoms with E-state index in [0.717, 1.165) is 30.0 Å². The second-order valence-electron chi connectivity index (χ2n) is 4.84. The SMILES string of the molecule is CN1Cc2cc(C(Cl)c3cc(Br)sc3Br)ccc2NC1=O. The maximum absolute atomic E-state index is 11.6. The van der Waals surface area contributed by atoms with Gasteiger partial charge in [0.05, 0.1) is 12.9 Å². The Kier molecular flexibility index (Phi) is 4.32. The van der Waals surface area contributed by atoms with Crippen LogP contribution >= 0.6 is 54.8 Å². The van der Waals surface area contributed by atoms with Crippen molar-refractivity contribution in [2.45, 2.75) is 11.9 Å². The Hall–Kier alpha value is -0.560. The number of nitrogens with one attached hydrogen (secondary N) is 1. The van der Waals surface area contributed by atoms with Crippen LogP contribution in [0.15, 0.2) is 31.8 Å². The van der Waals surface area contributed by atoms with E-state index in [1.165, 1.54) is 0 Å². The summed E-state index contributed by atoms with van der Waals surface area (Å²) < 4.78 is 2.07. The zero-order chi connectivity index (χ0) is 15.1. The summed E-state index contributed by atoms with van der Waals surface area (Å²) in [7, 11) is 1.77. The second kappa shape index (κ2) is 5.91. The van der Waals surface area contributed by atoms with Gasteiger partial charge in [0.25, 0.3) is 0 Å². The lowest BCUT2D eigenvalue weighted by Gasteiger charge is -2.26. The molecule has 0 radical (unpaired) electrons. The van der Waals surface area contributed by atoms with Crippen molar-refractivity contribution >= 4 is 66.5 Å². The van der Waals surface area contributed by atoms with Crippen molar-refractivity contribution in [3.63, 3.8) is 0 Å². The first-order valence-corrected chi connectivity index (χ1v) is 9.03. The summed E-state index contributed by atoms with van der Waals surface area (Å²) in [4.78, 5) is 13.3. The van der Waals surface area contributed by atoms with Gasteiger partial charge in [-0.3, -0.25) is 0 Å². The zero-order valence-electron chi connectivity index (χ0n) is 11.0. The van der Waals surface area contributed by atoms with Crippen molar-refractivity contribution in [1.82, 2.24) is 4.90 Å². The molecule has 2 aromatic rings. The molecule has 0 aliphatic carbocycles. The normalized spacial score (nSPS) is 15.6. The quantitative estimate of drug-likeness (QED) is 0.596. The molecule has 0 spiro atoms. The van der Waals surface area contributed by atoms with Gasteiger partial charge in [-0.1, -0.05) is 12.1 Å². The number of halogens is 3. The van der Waals surface area contributed by atoms with Gasteiger partial charge in [0.15, 0.2) is 0 Å². The molecule has 0 fully saturated rings. The van der Waals surface area contributed by atoms with E-state index >= 15 is 0 Å².